The number of hydrazine groups is 1. The van der Waals surface area contributed by atoms with Crippen LogP contribution in [0.2, 0.25) is 0 Å². The Morgan fingerprint density at radius 3 is 2.50 bits per heavy atom. The summed E-state index contributed by atoms with van der Waals surface area (Å²) in [5.41, 5.74) is 3.67. The summed E-state index contributed by atoms with van der Waals surface area (Å²) in [7, 11) is 0. The summed E-state index contributed by atoms with van der Waals surface area (Å²) >= 11 is 0. The molecule has 0 amide bonds. The molecule has 18 heavy (non-hydrogen) atoms. The topological polar surface area (TPSA) is 38.0 Å². The van der Waals surface area contributed by atoms with Crippen LogP contribution in [0.4, 0.5) is 0 Å². The smallest absolute Gasteiger partial charge is 0.0267 e. The predicted octanol–water partition coefficient (Wildman–Crippen LogP) is 3.62. The Morgan fingerprint density at radius 2 is 1.94 bits per heavy atom. The molecule has 0 heterocycles. The van der Waals surface area contributed by atoms with E-state index in [9.17, 15) is 0 Å². The molecule has 0 aliphatic heterocycles. The van der Waals surface area contributed by atoms with Crippen molar-refractivity contribution in [2.45, 2.75) is 77.2 Å². The highest BCUT2D eigenvalue weighted by Gasteiger charge is 2.43. The fourth-order valence-corrected chi connectivity index (χ4v) is 5.23. The number of fused-ring (bicyclic) bond motifs is 2. The summed E-state index contributed by atoms with van der Waals surface area (Å²) in [4.78, 5) is 0. The van der Waals surface area contributed by atoms with E-state index in [1.807, 2.05) is 0 Å². The molecule has 3 N–H and O–H groups in total. The third kappa shape index (κ3) is 2.34. The SMILES string of the molecule is CC1(C(CC2CC3CCC2C3)NN)CCCCC1. The van der Waals surface area contributed by atoms with Gasteiger partial charge in [-0.1, -0.05) is 32.6 Å². The van der Waals surface area contributed by atoms with Crippen LogP contribution in [-0.4, -0.2) is 6.04 Å². The molecule has 4 atom stereocenters. The first-order valence-electron chi connectivity index (χ1n) is 8.17. The molecule has 3 aliphatic carbocycles. The van der Waals surface area contributed by atoms with Crippen LogP contribution in [-0.2, 0) is 0 Å². The Balaban J connectivity index is 1.62. The molecule has 104 valence electrons. The molecule has 0 spiro atoms. The summed E-state index contributed by atoms with van der Waals surface area (Å²) in [6, 6.07) is 0.558. The van der Waals surface area contributed by atoms with Gasteiger partial charge in [0.05, 0.1) is 0 Å². The highest BCUT2D eigenvalue weighted by atomic mass is 15.2. The van der Waals surface area contributed by atoms with E-state index in [0.717, 1.165) is 17.8 Å². The lowest BCUT2D eigenvalue weighted by atomic mass is 9.67. The Morgan fingerprint density at radius 1 is 1.17 bits per heavy atom. The van der Waals surface area contributed by atoms with Crippen LogP contribution in [0.25, 0.3) is 0 Å². The molecular weight excluding hydrogens is 220 g/mol. The maximum Gasteiger partial charge on any atom is 0.0267 e. The molecule has 3 fully saturated rings. The monoisotopic (exact) mass is 250 g/mol. The molecule has 4 unspecified atom stereocenters. The van der Waals surface area contributed by atoms with E-state index in [4.69, 9.17) is 5.84 Å². The van der Waals surface area contributed by atoms with Crippen LogP contribution in [0.3, 0.4) is 0 Å². The van der Waals surface area contributed by atoms with Gasteiger partial charge in [0.1, 0.15) is 0 Å². The van der Waals surface area contributed by atoms with Crippen molar-refractivity contribution in [2.75, 3.05) is 0 Å². The molecule has 3 aliphatic rings. The standard InChI is InChI=1S/C16H30N2/c1-16(7-3-2-4-8-16)15(18-17)11-14-10-12-5-6-13(14)9-12/h12-15,18H,2-11,17H2,1H3. The summed E-state index contributed by atoms with van der Waals surface area (Å²) in [6.07, 6.45) is 14.4. The van der Waals surface area contributed by atoms with Crippen molar-refractivity contribution >= 4 is 0 Å². The van der Waals surface area contributed by atoms with Crippen LogP contribution in [0.5, 0.6) is 0 Å². The third-order valence-electron chi connectivity index (χ3n) is 6.46. The van der Waals surface area contributed by atoms with E-state index in [1.54, 1.807) is 0 Å². The van der Waals surface area contributed by atoms with Gasteiger partial charge in [0.25, 0.3) is 0 Å². The number of hydrogen-bond acceptors (Lipinski definition) is 2. The van der Waals surface area contributed by atoms with E-state index in [1.165, 1.54) is 64.2 Å². The van der Waals surface area contributed by atoms with Crippen LogP contribution in [0.15, 0.2) is 0 Å². The number of hydrogen-bond donors (Lipinski definition) is 2. The van der Waals surface area contributed by atoms with E-state index < -0.39 is 0 Å². The zero-order chi connectivity index (χ0) is 12.6. The van der Waals surface area contributed by atoms with Gasteiger partial charge in [0.2, 0.25) is 0 Å². The van der Waals surface area contributed by atoms with Crippen molar-refractivity contribution in [2.24, 2.45) is 29.0 Å². The van der Waals surface area contributed by atoms with Crippen LogP contribution >= 0.6 is 0 Å². The van der Waals surface area contributed by atoms with Crippen LogP contribution in [0.1, 0.15) is 71.1 Å². The van der Waals surface area contributed by atoms with Gasteiger partial charge in [0.15, 0.2) is 0 Å². The third-order valence-corrected chi connectivity index (χ3v) is 6.46. The average molecular weight is 250 g/mol. The van der Waals surface area contributed by atoms with E-state index in [0.29, 0.717) is 11.5 Å². The highest BCUT2D eigenvalue weighted by Crippen LogP contribution is 2.51. The Bertz CT molecular complexity index is 283. The van der Waals surface area contributed by atoms with Crippen molar-refractivity contribution in [3.05, 3.63) is 0 Å². The first-order valence-corrected chi connectivity index (χ1v) is 8.17. The second-order valence-corrected chi connectivity index (χ2v) is 7.60. The minimum Gasteiger partial charge on any atom is -0.271 e. The van der Waals surface area contributed by atoms with Gasteiger partial charge in [-0.2, -0.15) is 0 Å². The quantitative estimate of drug-likeness (QED) is 0.591. The maximum atomic E-state index is 5.92. The highest BCUT2D eigenvalue weighted by molar-refractivity contribution is 4.96. The Kier molecular flexibility index (Phi) is 3.68. The van der Waals surface area contributed by atoms with Gasteiger partial charge in [0, 0.05) is 6.04 Å². The summed E-state index contributed by atoms with van der Waals surface area (Å²) in [6.45, 7) is 2.48. The lowest BCUT2D eigenvalue weighted by Crippen LogP contribution is -2.49. The van der Waals surface area contributed by atoms with Gasteiger partial charge in [-0.25, -0.2) is 0 Å². The second-order valence-electron chi connectivity index (χ2n) is 7.60. The van der Waals surface area contributed by atoms with Crippen molar-refractivity contribution < 1.29 is 0 Å². The molecule has 2 bridgehead atoms. The fourth-order valence-electron chi connectivity index (χ4n) is 5.23. The lowest BCUT2D eigenvalue weighted by molar-refractivity contribution is 0.114. The van der Waals surface area contributed by atoms with Crippen molar-refractivity contribution in [1.82, 2.24) is 5.43 Å². The second kappa shape index (κ2) is 5.13. The van der Waals surface area contributed by atoms with Gasteiger partial charge < -0.3 is 0 Å². The first-order chi connectivity index (χ1) is 8.71. The molecule has 0 aromatic rings. The maximum absolute atomic E-state index is 5.92. The minimum absolute atomic E-state index is 0.467. The van der Waals surface area contributed by atoms with Gasteiger partial charge in [-0.15, -0.1) is 0 Å². The predicted molar refractivity (Wildman–Crippen MR) is 75.9 cm³/mol. The largest absolute Gasteiger partial charge is 0.271 e. The number of rotatable bonds is 4. The molecule has 0 saturated heterocycles. The molecule has 3 rings (SSSR count). The Hall–Kier alpha value is -0.0800. The zero-order valence-electron chi connectivity index (χ0n) is 12.0. The normalized spacial score (nSPS) is 40.0. The lowest BCUT2D eigenvalue weighted by Gasteiger charge is -2.42. The van der Waals surface area contributed by atoms with E-state index in [2.05, 4.69) is 12.3 Å². The molecule has 0 aromatic carbocycles. The van der Waals surface area contributed by atoms with Crippen molar-refractivity contribution in [3.8, 4) is 0 Å². The van der Waals surface area contributed by atoms with Crippen molar-refractivity contribution in [3.63, 3.8) is 0 Å². The van der Waals surface area contributed by atoms with E-state index in [-0.39, 0.29) is 0 Å². The average Bonchev–Trinajstić information content (AvgIpc) is 2.98. The molecule has 0 radical (unpaired) electrons. The van der Waals surface area contributed by atoms with Gasteiger partial charge in [-0.05, 0) is 61.7 Å². The number of nitrogens with one attached hydrogen (secondary N) is 1. The summed E-state index contributed by atoms with van der Waals surface area (Å²) in [5, 5.41) is 0. The minimum atomic E-state index is 0.467. The molecule has 2 nitrogen and oxygen atoms in total. The molecule has 3 saturated carbocycles. The first kappa shape index (κ1) is 12.9. The molecule has 0 aromatic heterocycles. The molecular formula is C16H30N2. The zero-order valence-corrected chi connectivity index (χ0v) is 12.0. The van der Waals surface area contributed by atoms with Gasteiger partial charge in [-0.3, -0.25) is 11.3 Å². The summed E-state index contributed by atoms with van der Waals surface area (Å²) in [5.74, 6) is 9.00. The molecule has 2 heteroatoms. The number of nitrogens with two attached hydrogens (primary N) is 1. The fraction of sp³-hybridized carbons (Fsp3) is 1.00. The van der Waals surface area contributed by atoms with E-state index >= 15 is 0 Å². The summed E-state index contributed by atoms with van der Waals surface area (Å²) < 4.78 is 0. The van der Waals surface area contributed by atoms with Crippen molar-refractivity contribution in [1.29, 1.82) is 0 Å². The Labute approximate surface area is 112 Å². The van der Waals surface area contributed by atoms with Crippen LogP contribution < -0.4 is 11.3 Å². The van der Waals surface area contributed by atoms with Crippen LogP contribution in [0, 0.1) is 23.2 Å². The van der Waals surface area contributed by atoms with Gasteiger partial charge >= 0.3 is 0 Å².